The van der Waals surface area contributed by atoms with E-state index in [0.717, 1.165) is 33.0 Å². The van der Waals surface area contributed by atoms with E-state index >= 15 is 0 Å². The predicted octanol–water partition coefficient (Wildman–Crippen LogP) is 3.01. The molecule has 0 saturated carbocycles. The molecule has 2 N–H and O–H groups in total. The van der Waals surface area contributed by atoms with Gasteiger partial charge in [-0.2, -0.15) is 0 Å². The number of carbonyl (C=O) groups excluding carboxylic acids is 1. The summed E-state index contributed by atoms with van der Waals surface area (Å²) in [6.07, 6.45) is 1.16. The maximum atomic E-state index is 12.8. The summed E-state index contributed by atoms with van der Waals surface area (Å²) in [5.74, 6) is -0.563. The molecule has 0 spiro atoms. The van der Waals surface area contributed by atoms with Crippen molar-refractivity contribution in [1.29, 1.82) is 0 Å². The maximum Gasteiger partial charge on any atom is 0.333 e. The van der Waals surface area contributed by atoms with Crippen LogP contribution in [0.15, 0.2) is 52.2 Å². The van der Waals surface area contributed by atoms with E-state index in [1.165, 1.54) is 0 Å². The first-order chi connectivity index (χ1) is 12.8. The zero-order valence-corrected chi connectivity index (χ0v) is 15.7. The van der Waals surface area contributed by atoms with Gasteiger partial charge in [-0.15, -0.1) is 0 Å². The topological polar surface area (TPSA) is 84.0 Å². The number of aryl methyl sites for hydroxylation is 4. The Morgan fingerprint density at radius 3 is 2.11 bits per heavy atom. The Morgan fingerprint density at radius 2 is 1.52 bits per heavy atom. The van der Waals surface area contributed by atoms with Crippen LogP contribution in [0, 0.1) is 27.7 Å². The highest BCUT2D eigenvalue weighted by atomic mass is 16.2. The monoisotopic (exact) mass is 363 g/mol. The molecule has 0 unspecified atom stereocenters. The summed E-state index contributed by atoms with van der Waals surface area (Å²) in [4.78, 5) is 40.2. The van der Waals surface area contributed by atoms with Crippen molar-refractivity contribution in [2.75, 3.05) is 5.32 Å². The molecule has 27 heavy (non-hydrogen) atoms. The Balaban J connectivity index is 2.04. The minimum Gasteiger partial charge on any atom is -0.321 e. The lowest BCUT2D eigenvalue weighted by Gasteiger charge is -2.13. The fraction of sp³-hybridized carbons (Fsp3) is 0.190. The summed E-state index contributed by atoms with van der Waals surface area (Å²) >= 11 is 0. The van der Waals surface area contributed by atoms with Crippen LogP contribution < -0.4 is 16.6 Å². The first kappa shape index (κ1) is 18.4. The Kier molecular flexibility index (Phi) is 4.81. The van der Waals surface area contributed by atoms with Crippen LogP contribution in [0.2, 0.25) is 0 Å². The fourth-order valence-electron chi connectivity index (χ4n) is 3.12. The Labute approximate surface area is 156 Å². The third-order valence-corrected chi connectivity index (χ3v) is 4.43. The maximum absolute atomic E-state index is 12.8. The van der Waals surface area contributed by atoms with Gasteiger partial charge in [0, 0.05) is 11.9 Å². The van der Waals surface area contributed by atoms with Crippen molar-refractivity contribution < 1.29 is 4.79 Å². The second-order valence-corrected chi connectivity index (χ2v) is 6.71. The highest BCUT2D eigenvalue weighted by Crippen LogP contribution is 2.22. The molecule has 6 heteroatoms. The highest BCUT2D eigenvalue weighted by molar-refractivity contribution is 6.04. The van der Waals surface area contributed by atoms with Gasteiger partial charge in [0.25, 0.3) is 11.5 Å². The average Bonchev–Trinajstić information content (AvgIpc) is 2.59. The first-order valence-corrected chi connectivity index (χ1v) is 8.59. The van der Waals surface area contributed by atoms with Gasteiger partial charge in [-0.25, -0.2) is 9.36 Å². The quantitative estimate of drug-likeness (QED) is 0.750. The number of H-pyrrole nitrogens is 1. The van der Waals surface area contributed by atoms with Crippen molar-refractivity contribution in [3.05, 3.63) is 91.3 Å². The molecule has 0 bridgehead atoms. The average molecular weight is 363 g/mol. The summed E-state index contributed by atoms with van der Waals surface area (Å²) in [5, 5.41) is 2.80. The third-order valence-electron chi connectivity index (χ3n) is 4.43. The molecule has 6 nitrogen and oxygen atoms in total. The third kappa shape index (κ3) is 3.60. The van der Waals surface area contributed by atoms with Gasteiger partial charge in [0.05, 0.1) is 5.69 Å². The largest absolute Gasteiger partial charge is 0.333 e. The number of nitrogens with zero attached hydrogens (tertiary/aromatic N) is 1. The molecule has 0 saturated heterocycles. The van der Waals surface area contributed by atoms with Crippen LogP contribution in [0.5, 0.6) is 0 Å². The van der Waals surface area contributed by atoms with Crippen LogP contribution >= 0.6 is 0 Å². The molecule has 0 aliphatic carbocycles. The second-order valence-electron chi connectivity index (χ2n) is 6.71. The molecular weight excluding hydrogens is 342 g/mol. The van der Waals surface area contributed by atoms with Gasteiger partial charge in [-0.3, -0.25) is 9.59 Å². The van der Waals surface area contributed by atoms with Crippen LogP contribution in [-0.2, 0) is 0 Å². The van der Waals surface area contributed by atoms with Gasteiger partial charge in [-0.1, -0.05) is 35.4 Å². The predicted molar refractivity (Wildman–Crippen MR) is 106 cm³/mol. The van der Waals surface area contributed by atoms with E-state index in [9.17, 15) is 14.4 Å². The van der Waals surface area contributed by atoms with Crippen LogP contribution in [0.4, 0.5) is 5.69 Å². The van der Waals surface area contributed by atoms with Crippen molar-refractivity contribution in [1.82, 2.24) is 9.55 Å². The van der Waals surface area contributed by atoms with E-state index in [-0.39, 0.29) is 5.56 Å². The number of aromatic amines is 1. The number of benzene rings is 2. The molecule has 0 aliphatic rings. The number of carbonyl (C=O) groups is 1. The minimum atomic E-state index is -0.664. The van der Waals surface area contributed by atoms with E-state index in [4.69, 9.17) is 0 Å². The van der Waals surface area contributed by atoms with Gasteiger partial charge in [-0.05, 0) is 51.0 Å². The summed E-state index contributed by atoms with van der Waals surface area (Å²) in [6.45, 7) is 7.68. The molecule has 3 aromatic rings. The smallest absolute Gasteiger partial charge is 0.321 e. The molecule has 0 fully saturated rings. The van der Waals surface area contributed by atoms with E-state index in [1.54, 1.807) is 24.3 Å². The number of hydrogen-bond donors (Lipinski definition) is 2. The first-order valence-electron chi connectivity index (χ1n) is 8.59. The lowest BCUT2D eigenvalue weighted by Crippen LogP contribution is -2.38. The summed E-state index contributed by atoms with van der Waals surface area (Å²) in [6, 6.07) is 10.9. The minimum absolute atomic E-state index is 0.130. The number of hydrogen-bond acceptors (Lipinski definition) is 3. The summed E-state index contributed by atoms with van der Waals surface area (Å²) in [5.41, 5.74) is 3.59. The van der Waals surface area contributed by atoms with Crippen molar-refractivity contribution in [2.24, 2.45) is 0 Å². The van der Waals surface area contributed by atoms with Crippen molar-refractivity contribution >= 4 is 11.6 Å². The molecule has 0 radical (unpaired) electrons. The molecule has 1 amide bonds. The molecule has 3 rings (SSSR count). The zero-order chi connectivity index (χ0) is 19.7. The van der Waals surface area contributed by atoms with Gasteiger partial charge in [0.2, 0.25) is 0 Å². The van der Waals surface area contributed by atoms with Crippen LogP contribution in [0.3, 0.4) is 0 Å². The standard InChI is InChI=1S/C21H21N3O3/c1-12-5-7-16(8-6-12)24-20(26)17(11-22-21(24)27)19(25)23-18-14(3)9-13(2)10-15(18)4/h5-11H,1-4H3,(H,22,27)(H,23,25). The summed E-state index contributed by atoms with van der Waals surface area (Å²) in [7, 11) is 0. The lowest BCUT2D eigenvalue weighted by molar-refractivity contribution is 0.102. The molecule has 1 aromatic heterocycles. The SMILES string of the molecule is Cc1ccc(-n2c(=O)[nH]cc(C(=O)Nc3c(C)cc(C)cc3C)c2=O)cc1. The molecule has 0 atom stereocenters. The normalized spacial score (nSPS) is 10.7. The Hall–Kier alpha value is -3.41. The van der Waals surface area contributed by atoms with E-state index < -0.39 is 17.2 Å². The molecule has 0 aliphatic heterocycles. The van der Waals surface area contributed by atoms with E-state index in [2.05, 4.69) is 10.3 Å². The van der Waals surface area contributed by atoms with Gasteiger partial charge < -0.3 is 10.3 Å². The highest BCUT2D eigenvalue weighted by Gasteiger charge is 2.17. The molecule has 1 heterocycles. The zero-order valence-electron chi connectivity index (χ0n) is 15.7. The molecule has 2 aromatic carbocycles. The number of anilines is 1. The Bertz CT molecular complexity index is 1120. The second kappa shape index (κ2) is 7.07. The Morgan fingerprint density at radius 1 is 0.926 bits per heavy atom. The fourth-order valence-corrected chi connectivity index (χ4v) is 3.12. The van der Waals surface area contributed by atoms with Crippen LogP contribution in [0.1, 0.15) is 32.6 Å². The van der Waals surface area contributed by atoms with E-state index in [1.807, 2.05) is 39.8 Å². The van der Waals surface area contributed by atoms with Crippen molar-refractivity contribution in [3.8, 4) is 5.69 Å². The van der Waals surface area contributed by atoms with Gasteiger partial charge in [0.1, 0.15) is 5.56 Å². The van der Waals surface area contributed by atoms with Gasteiger partial charge in [0.15, 0.2) is 0 Å². The van der Waals surface area contributed by atoms with Crippen LogP contribution in [0.25, 0.3) is 5.69 Å². The molecule has 138 valence electrons. The molecular formula is C21H21N3O3. The number of rotatable bonds is 3. The lowest BCUT2D eigenvalue weighted by atomic mass is 10.0. The van der Waals surface area contributed by atoms with Crippen LogP contribution in [-0.4, -0.2) is 15.5 Å². The van der Waals surface area contributed by atoms with Crippen molar-refractivity contribution in [3.63, 3.8) is 0 Å². The van der Waals surface area contributed by atoms with E-state index in [0.29, 0.717) is 11.4 Å². The van der Waals surface area contributed by atoms with Gasteiger partial charge >= 0.3 is 5.69 Å². The van der Waals surface area contributed by atoms with Crippen molar-refractivity contribution in [2.45, 2.75) is 27.7 Å². The number of amides is 1. The number of aromatic nitrogens is 2. The summed E-state index contributed by atoms with van der Waals surface area (Å²) < 4.78 is 0.962. The number of nitrogens with one attached hydrogen (secondary N) is 2.